The number of thioether (sulfide) groups is 1. The molecule has 0 aliphatic carbocycles. The molecule has 0 fully saturated rings. The van der Waals surface area contributed by atoms with Crippen LogP contribution in [0.15, 0.2) is 30.3 Å². The zero-order chi connectivity index (χ0) is 12.3. The van der Waals surface area contributed by atoms with Crippen LogP contribution in [-0.2, 0) is 0 Å². The van der Waals surface area contributed by atoms with E-state index in [1.54, 1.807) is 0 Å². The maximum absolute atomic E-state index is 3.58. The molecule has 0 bridgehead atoms. The van der Waals surface area contributed by atoms with Gasteiger partial charge < -0.3 is 5.32 Å². The van der Waals surface area contributed by atoms with E-state index in [-0.39, 0.29) is 0 Å². The second-order valence-electron chi connectivity index (χ2n) is 4.21. The van der Waals surface area contributed by atoms with Crippen molar-refractivity contribution in [2.75, 3.05) is 18.1 Å². The Bertz CT molecular complexity index is 274. The van der Waals surface area contributed by atoms with Crippen LogP contribution in [-0.4, -0.2) is 18.1 Å². The lowest BCUT2D eigenvalue weighted by Gasteiger charge is -2.18. The fourth-order valence-electron chi connectivity index (χ4n) is 2.02. The number of benzene rings is 1. The molecule has 1 N–H and O–H groups in total. The van der Waals surface area contributed by atoms with E-state index in [4.69, 9.17) is 0 Å². The molecule has 1 atom stereocenters. The number of hydrogen-bond donors (Lipinski definition) is 1. The molecule has 1 rings (SSSR count). The Hall–Kier alpha value is -0.470. The molecule has 2 heteroatoms. The van der Waals surface area contributed by atoms with Crippen LogP contribution in [0.1, 0.15) is 44.7 Å². The van der Waals surface area contributed by atoms with E-state index in [9.17, 15) is 0 Å². The quantitative estimate of drug-likeness (QED) is 0.658. The fraction of sp³-hybridized carbons (Fsp3) is 0.600. The summed E-state index contributed by atoms with van der Waals surface area (Å²) in [6, 6.07) is 11.3. The van der Waals surface area contributed by atoms with Crippen LogP contribution in [0.2, 0.25) is 0 Å². The van der Waals surface area contributed by atoms with E-state index in [2.05, 4.69) is 49.5 Å². The monoisotopic (exact) mass is 251 g/mol. The molecule has 0 radical (unpaired) electrons. The molecule has 17 heavy (non-hydrogen) atoms. The molecule has 1 aromatic carbocycles. The maximum Gasteiger partial charge on any atom is 0.0320 e. The highest BCUT2D eigenvalue weighted by Crippen LogP contribution is 2.19. The molecule has 0 aromatic heterocycles. The molecule has 1 nitrogen and oxygen atoms in total. The zero-order valence-electron chi connectivity index (χ0n) is 11.1. The van der Waals surface area contributed by atoms with Crippen molar-refractivity contribution in [2.45, 2.75) is 39.2 Å². The number of nitrogens with one attached hydrogen (secondary N) is 1. The molecule has 0 aliphatic heterocycles. The summed E-state index contributed by atoms with van der Waals surface area (Å²) < 4.78 is 0. The molecular formula is C15H25NS. The van der Waals surface area contributed by atoms with E-state index in [1.165, 1.54) is 36.3 Å². The van der Waals surface area contributed by atoms with Gasteiger partial charge in [0.2, 0.25) is 0 Å². The summed E-state index contributed by atoms with van der Waals surface area (Å²) in [5.41, 5.74) is 1.43. The number of rotatable bonds is 9. The second kappa shape index (κ2) is 9.55. The minimum Gasteiger partial charge on any atom is -0.310 e. The molecule has 0 aliphatic rings. The first-order valence-electron chi connectivity index (χ1n) is 6.74. The van der Waals surface area contributed by atoms with Gasteiger partial charge in [-0.3, -0.25) is 0 Å². The Labute approximate surface area is 110 Å². The molecule has 96 valence electrons. The number of hydrogen-bond acceptors (Lipinski definition) is 2. The summed E-state index contributed by atoms with van der Waals surface area (Å²) in [5.74, 6) is 2.56. The third-order valence-electron chi connectivity index (χ3n) is 2.89. The van der Waals surface area contributed by atoms with Crippen LogP contribution < -0.4 is 5.32 Å². The van der Waals surface area contributed by atoms with Crippen molar-refractivity contribution in [2.24, 2.45) is 0 Å². The summed E-state index contributed by atoms with van der Waals surface area (Å²) in [7, 11) is 0. The standard InChI is InChI=1S/C15H25NS/c1-3-16-15(12-8-9-13-17-4-2)14-10-6-5-7-11-14/h5-7,10-11,15-16H,3-4,8-9,12-13H2,1-2H3. The Kier molecular flexibility index (Phi) is 8.20. The maximum atomic E-state index is 3.58. The van der Waals surface area contributed by atoms with Gasteiger partial charge in [-0.05, 0) is 36.5 Å². The van der Waals surface area contributed by atoms with Gasteiger partial charge in [-0.2, -0.15) is 11.8 Å². The van der Waals surface area contributed by atoms with E-state index < -0.39 is 0 Å². The van der Waals surface area contributed by atoms with Crippen LogP contribution in [0, 0.1) is 0 Å². The topological polar surface area (TPSA) is 12.0 Å². The van der Waals surface area contributed by atoms with Crippen LogP contribution in [0.3, 0.4) is 0 Å². The minimum atomic E-state index is 0.535. The van der Waals surface area contributed by atoms with Gasteiger partial charge in [-0.1, -0.05) is 50.6 Å². The summed E-state index contributed by atoms with van der Waals surface area (Å²) >= 11 is 2.05. The second-order valence-corrected chi connectivity index (χ2v) is 5.61. The summed E-state index contributed by atoms with van der Waals surface area (Å²) in [6.07, 6.45) is 3.91. The van der Waals surface area contributed by atoms with Crippen LogP contribution >= 0.6 is 11.8 Å². The molecule has 0 saturated heterocycles. The lowest BCUT2D eigenvalue weighted by molar-refractivity contribution is 0.496. The van der Waals surface area contributed by atoms with Gasteiger partial charge in [0, 0.05) is 6.04 Å². The van der Waals surface area contributed by atoms with Gasteiger partial charge in [-0.25, -0.2) is 0 Å². The molecule has 1 unspecified atom stereocenters. The highest BCUT2D eigenvalue weighted by atomic mass is 32.2. The summed E-state index contributed by atoms with van der Waals surface area (Å²) in [5, 5.41) is 3.58. The van der Waals surface area contributed by atoms with E-state index in [0.29, 0.717) is 6.04 Å². The van der Waals surface area contributed by atoms with Crippen molar-refractivity contribution in [1.29, 1.82) is 0 Å². The average molecular weight is 251 g/mol. The summed E-state index contributed by atoms with van der Waals surface area (Å²) in [6.45, 7) is 5.46. The van der Waals surface area contributed by atoms with Gasteiger partial charge in [0.25, 0.3) is 0 Å². The predicted octanol–water partition coefficient (Wildman–Crippen LogP) is 4.26. The number of unbranched alkanes of at least 4 members (excludes halogenated alkanes) is 1. The Morgan fingerprint density at radius 2 is 1.88 bits per heavy atom. The van der Waals surface area contributed by atoms with Gasteiger partial charge in [0.1, 0.15) is 0 Å². The van der Waals surface area contributed by atoms with Crippen molar-refractivity contribution >= 4 is 11.8 Å². The van der Waals surface area contributed by atoms with E-state index >= 15 is 0 Å². The highest BCUT2D eigenvalue weighted by molar-refractivity contribution is 7.99. The average Bonchev–Trinajstić information content (AvgIpc) is 2.38. The Balaban J connectivity index is 2.33. The molecule has 0 saturated carbocycles. The highest BCUT2D eigenvalue weighted by Gasteiger charge is 2.08. The molecule has 0 heterocycles. The first kappa shape index (κ1) is 14.6. The minimum absolute atomic E-state index is 0.535. The van der Waals surface area contributed by atoms with Crippen molar-refractivity contribution in [3.63, 3.8) is 0 Å². The van der Waals surface area contributed by atoms with E-state index in [1.807, 2.05) is 11.8 Å². The Morgan fingerprint density at radius 3 is 2.53 bits per heavy atom. The van der Waals surface area contributed by atoms with Crippen molar-refractivity contribution in [3.05, 3.63) is 35.9 Å². The third-order valence-corrected chi connectivity index (χ3v) is 3.87. The lowest BCUT2D eigenvalue weighted by atomic mass is 10.0. The summed E-state index contributed by atoms with van der Waals surface area (Å²) in [4.78, 5) is 0. The molecule has 0 amide bonds. The van der Waals surface area contributed by atoms with Gasteiger partial charge >= 0.3 is 0 Å². The third kappa shape index (κ3) is 6.13. The van der Waals surface area contributed by atoms with Gasteiger partial charge in [-0.15, -0.1) is 0 Å². The normalized spacial score (nSPS) is 12.6. The van der Waals surface area contributed by atoms with Crippen molar-refractivity contribution in [3.8, 4) is 0 Å². The van der Waals surface area contributed by atoms with Crippen LogP contribution in [0.25, 0.3) is 0 Å². The largest absolute Gasteiger partial charge is 0.310 e. The first-order chi connectivity index (χ1) is 8.38. The van der Waals surface area contributed by atoms with Gasteiger partial charge in [0.15, 0.2) is 0 Å². The van der Waals surface area contributed by atoms with Crippen LogP contribution in [0.4, 0.5) is 0 Å². The first-order valence-corrected chi connectivity index (χ1v) is 7.90. The molecule has 0 spiro atoms. The molecule has 1 aromatic rings. The van der Waals surface area contributed by atoms with Crippen molar-refractivity contribution in [1.82, 2.24) is 5.32 Å². The lowest BCUT2D eigenvalue weighted by Crippen LogP contribution is -2.20. The van der Waals surface area contributed by atoms with Crippen molar-refractivity contribution < 1.29 is 0 Å². The van der Waals surface area contributed by atoms with E-state index in [0.717, 1.165) is 6.54 Å². The SMILES string of the molecule is CCNC(CCCCSCC)c1ccccc1. The van der Waals surface area contributed by atoms with Crippen LogP contribution in [0.5, 0.6) is 0 Å². The zero-order valence-corrected chi connectivity index (χ0v) is 11.9. The smallest absolute Gasteiger partial charge is 0.0320 e. The molecular weight excluding hydrogens is 226 g/mol. The Morgan fingerprint density at radius 1 is 1.12 bits per heavy atom. The fourth-order valence-corrected chi connectivity index (χ4v) is 2.71. The van der Waals surface area contributed by atoms with Gasteiger partial charge in [0.05, 0.1) is 0 Å². The predicted molar refractivity (Wildman–Crippen MR) is 79.7 cm³/mol.